The minimum absolute atomic E-state index is 0.0274. The molecule has 3 aromatic carbocycles. The number of amides is 1. The molecule has 2 aliphatic carbocycles. The maximum absolute atomic E-state index is 11.9. The molecule has 3 aliphatic rings. The molecular weight excluding hydrogens is 450 g/mol. The highest BCUT2D eigenvalue weighted by Crippen LogP contribution is 2.59. The molecule has 3 unspecified atom stereocenters. The van der Waals surface area contributed by atoms with Crippen molar-refractivity contribution in [3.8, 4) is 17.2 Å². The lowest BCUT2D eigenvalue weighted by molar-refractivity contribution is -0.119. The highest BCUT2D eigenvalue weighted by atomic mass is 32.2. The van der Waals surface area contributed by atoms with Crippen LogP contribution in [0.2, 0.25) is 0 Å². The van der Waals surface area contributed by atoms with Crippen LogP contribution in [-0.2, 0) is 26.7 Å². The lowest BCUT2D eigenvalue weighted by Crippen LogP contribution is -2.40. The molecule has 0 aromatic heterocycles. The van der Waals surface area contributed by atoms with E-state index in [-0.39, 0.29) is 29.6 Å². The Morgan fingerprint density at radius 3 is 2.47 bits per heavy atom. The van der Waals surface area contributed by atoms with Crippen molar-refractivity contribution in [1.82, 2.24) is 4.72 Å². The number of carbonyl (C=O) groups excluding carboxylic acids is 1. The van der Waals surface area contributed by atoms with E-state index in [0.717, 1.165) is 42.1 Å². The number of nitrogens with one attached hydrogen (secondary N) is 1. The molecule has 1 spiro atoms. The molecule has 0 bridgehead atoms. The topological polar surface area (TPSA) is 81.7 Å². The van der Waals surface area contributed by atoms with Gasteiger partial charge in [-0.25, -0.2) is 8.42 Å². The van der Waals surface area contributed by atoms with Crippen molar-refractivity contribution < 1.29 is 22.7 Å². The van der Waals surface area contributed by atoms with Crippen LogP contribution in [0.5, 0.6) is 17.2 Å². The van der Waals surface area contributed by atoms with Crippen LogP contribution in [0.15, 0.2) is 72.8 Å². The summed E-state index contributed by atoms with van der Waals surface area (Å²) in [5.74, 6) is 1.66. The molecule has 3 aromatic rings. The molecule has 0 radical (unpaired) electrons. The zero-order chi connectivity index (χ0) is 23.3. The van der Waals surface area contributed by atoms with Gasteiger partial charge in [0.25, 0.3) is 0 Å². The standard InChI is InChI=1S/C27H25NO5S/c29-26-15-19(17-34(30,31)28-26)18-9-11-21(12-10-18)33-25-16-27(25)14-13-22-23(27)7-4-8-24(22)32-20-5-2-1-3-6-20/h1-12,19,25H,13-17H2,(H,28,29). The fraction of sp³-hybridized carbons (Fsp3) is 0.296. The third-order valence-corrected chi connectivity index (χ3v) is 8.60. The molecule has 174 valence electrons. The van der Waals surface area contributed by atoms with Gasteiger partial charge in [0.05, 0.1) is 5.75 Å². The van der Waals surface area contributed by atoms with E-state index in [1.807, 2.05) is 60.7 Å². The third kappa shape index (κ3) is 3.84. The lowest BCUT2D eigenvalue weighted by Gasteiger charge is -2.22. The van der Waals surface area contributed by atoms with Crippen molar-refractivity contribution in [3.05, 3.63) is 89.5 Å². The van der Waals surface area contributed by atoms with Crippen molar-refractivity contribution in [2.45, 2.75) is 43.1 Å². The molecule has 6 rings (SSSR count). The zero-order valence-corrected chi connectivity index (χ0v) is 19.4. The maximum Gasteiger partial charge on any atom is 0.235 e. The number of benzene rings is 3. The van der Waals surface area contributed by atoms with Gasteiger partial charge in [-0.1, -0.05) is 42.5 Å². The fourth-order valence-electron chi connectivity index (χ4n) is 5.46. The van der Waals surface area contributed by atoms with E-state index in [2.05, 4.69) is 16.9 Å². The summed E-state index contributed by atoms with van der Waals surface area (Å²) < 4.78 is 38.3. The Kier molecular flexibility index (Phi) is 4.92. The second kappa shape index (κ2) is 7.87. The van der Waals surface area contributed by atoms with Gasteiger partial charge in [0.1, 0.15) is 23.4 Å². The molecule has 6 nitrogen and oxygen atoms in total. The van der Waals surface area contributed by atoms with Crippen molar-refractivity contribution in [1.29, 1.82) is 0 Å². The second-order valence-electron chi connectivity index (χ2n) is 9.44. The van der Waals surface area contributed by atoms with E-state index in [1.54, 1.807) is 0 Å². The van der Waals surface area contributed by atoms with Crippen LogP contribution in [-0.4, -0.2) is 26.2 Å². The highest BCUT2D eigenvalue weighted by molar-refractivity contribution is 7.90. The van der Waals surface area contributed by atoms with Gasteiger partial charge in [-0.3, -0.25) is 9.52 Å². The zero-order valence-electron chi connectivity index (χ0n) is 18.6. The number of fused-ring (bicyclic) bond motifs is 2. The summed E-state index contributed by atoms with van der Waals surface area (Å²) in [6, 6.07) is 23.6. The van der Waals surface area contributed by atoms with E-state index in [0.29, 0.717) is 0 Å². The molecule has 1 saturated carbocycles. The van der Waals surface area contributed by atoms with Crippen molar-refractivity contribution in [2.24, 2.45) is 0 Å². The number of para-hydroxylation sites is 1. The van der Waals surface area contributed by atoms with E-state index in [1.165, 1.54) is 11.1 Å². The molecule has 1 heterocycles. The number of sulfonamides is 1. The third-order valence-electron chi connectivity index (χ3n) is 7.22. The Morgan fingerprint density at radius 1 is 0.912 bits per heavy atom. The van der Waals surface area contributed by atoms with E-state index < -0.39 is 15.9 Å². The minimum atomic E-state index is -3.56. The summed E-state index contributed by atoms with van der Waals surface area (Å²) in [6.07, 6.45) is 3.25. The SMILES string of the molecule is O=C1CC(c2ccc(OC3CC34CCc3c(Oc5ccccc5)cccc34)cc2)CS(=O)(=O)N1. The summed E-state index contributed by atoms with van der Waals surface area (Å²) in [4.78, 5) is 11.7. The molecular formula is C27H25NO5S. The first-order chi connectivity index (χ1) is 16.4. The number of rotatable bonds is 5. The fourth-order valence-corrected chi connectivity index (χ4v) is 6.81. The van der Waals surface area contributed by atoms with E-state index in [4.69, 9.17) is 9.47 Å². The Morgan fingerprint density at radius 2 is 1.71 bits per heavy atom. The van der Waals surface area contributed by atoms with E-state index >= 15 is 0 Å². The van der Waals surface area contributed by atoms with Crippen LogP contribution < -0.4 is 14.2 Å². The molecule has 2 fully saturated rings. The average molecular weight is 476 g/mol. The minimum Gasteiger partial charge on any atom is -0.489 e. The van der Waals surface area contributed by atoms with Crippen LogP contribution in [0, 0.1) is 0 Å². The second-order valence-corrected chi connectivity index (χ2v) is 11.2. The van der Waals surface area contributed by atoms with E-state index in [9.17, 15) is 13.2 Å². The molecule has 1 saturated heterocycles. The van der Waals surface area contributed by atoms with Gasteiger partial charge in [-0.05, 0) is 66.3 Å². The molecule has 1 amide bonds. The quantitative estimate of drug-likeness (QED) is 0.590. The van der Waals surface area contributed by atoms with Crippen molar-refractivity contribution >= 4 is 15.9 Å². The van der Waals surface area contributed by atoms with Gasteiger partial charge in [0.2, 0.25) is 15.9 Å². The Bertz CT molecular complexity index is 1350. The molecule has 3 atom stereocenters. The summed E-state index contributed by atoms with van der Waals surface area (Å²) in [5, 5.41) is 0. The number of hydrogen-bond acceptors (Lipinski definition) is 5. The Labute approximate surface area is 199 Å². The lowest BCUT2D eigenvalue weighted by atomic mass is 9.97. The summed E-state index contributed by atoms with van der Waals surface area (Å²) in [7, 11) is -3.56. The van der Waals surface area contributed by atoms with Gasteiger partial charge in [0.15, 0.2) is 0 Å². The number of ether oxygens (including phenoxy) is 2. The van der Waals surface area contributed by atoms with Gasteiger partial charge < -0.3 is 9.47 Å². The normalized spacial score (nSPS) is 26.5. The van der Waals surface area contributed by atoms with Crippen LogP contribution in [0.4, 0.5) is 0 Å². The number of hydrogen-bond donors (Lipinski definition) is 1. The van der Waals surface area contributed by atoms with Crippen molar-refractivity contribution in [3.63, 3.8) is 0 Å². The average Bonchev–Trinajstić information content (AvgIpc) is 3.37. The Balaban J connectivity index is 1.16. The Hall–Kier alpha value is -3.32. The molecule has 7 heteroatoms. The van der Waals surface area contributed by atoms with Gasteiger partial charge in [0, 0.05) is 17.8 Å². The first kappa shape index (κ1) is 21.2. The van der Waals surface area contributed by atoms with Gasteiger partial charge >= 0.3 is 0 Å². The van der Waals surface area contributed by atoms with Crippen LogP contribution in [0.1, 0.15) is 41.9 Å². The monoisotopic (exact) mass is 475 g/mol. The van der Waals surface area contributed by atoms with Crippen LogP contribution in [0.25, 0.3) is 0 Å². The van der Waals surface area contributed by atoms with Gasteiger partial charge in [-0.2, -0.15) is 0 Å². The van der Waals surface area contributed by atoms with Gasteiger partial charge in [-0.15, -0.1) is 0 Å². The smallest absolute Gasteiger partial charge is 0.235 e. The van der Waals surface area contributed by atoms with Crippen molar-refractivity contribution in [2.75, 3.05) is 5.75 Å². The summed E-state index contributed by atoms with van der Waals surface area (Å²) >= 11 is 0. The number of carbonyl (C=O) groups is 1. The van der Waals surface area contributed by atoms with Crippen LogP contribution in [0.3, 0.4) is 0 Å². The molecule has 1 aliphatic heterocycles. The maximum atomic E-state index is 11.9. The summed E-state index contributed by atoms with van der Waals surface area (Å²) in [5.41, 5.74) is 3.45. The highest BCUT2D eigenvalue weighted by Gasteiger charge is 2.60. The first-order valence-corrected chi connectivity index (χ1v) is 13.2. The predicted molar refractivity (Wildman–Crippen MR) is 128 cm³/mol. The largest absolute Gasteiger partial charge is 0.489 e. The van der Waals surface area contributed by atoms with Crippen LogP contribution >= 0.6 is 0 Å². The molecule has 1 N–H and O–H groups in total. The first-order valence-electron chi connectivity index (χ1n) is 11.6. The summed E-state index contributed by atoms with van der Waals surface area (Å²) in [6.45, 7) is 0. The predicted octanol–water partition coefficient (Wildman–Crippen LogP) is 4.45. The molecule has 34 heavy (non-hydrogen) atoms.